The Balaban J connectivity index is 1.76. The summed E-state index contributed by atoms with van der Waals surface area (Å²) in [7, 11) is 1.32. The summed E-state index contributed by atoms with van der Waals surface area (Å²) in [4.78, 5) is 45.1. The molecular formula is C21H23N3O4S2. The molecule has 1 aliphatic heterocycles. The van der Waals surface area contributed by atoms with Crippen LogP contribution in [0, 0.1) is 20.8 Å². The van der Waals surface area contributed by atoms with Gasteiger partial charge in [-0.25, -0.2) is 9.78 Å². The second-order valence-electron chi connectivity index (χ2n) is 7.46. The summed E-state index contributed by atoms with van der Waals surface area (Å²) in [5.41, 5.74) is 1.73. The first-order valence-electron chi connectivity index (χ1n) is 9.86. The van der Waals surface area contributed by atoms with Gasteiger partial charge >= 0.3 is 5.97 Å². The van der Waals surface area contributed by atoms with Crippen molar-refractivity contribution in [2.75, 3.05) is 12.4 Å². The van der Waals surface area contributed by atoms with Gasteiger partial charge in [-0.05, 0) is 44.7 Å². The van der Waals surface area contributed by atoms with Crippen LogP contribution in [0.2, 0.25) is 0 Å². The smallest absolute Gasteiger partial charge is 0.341 e. The van der Waals surface area contributed by atoms with Gasteiger partial charge in [0, 0.05) is 17.8 Å². The molecule has 158 valence electrons. The molecule has 0 bridgehead atoms. The average Bonchev–Trinajstić information content (AvgIpc) is 3.05. The lowest BCUT2D eigenvalue weighted by Gasteiger charge is -2.08. The van der Waals surface area contributed by atoms with E-state index in [2.05, 4.69) is 5.32 Å². The first kappa shape index (κ1) is 20.7. The predicted octanol–water partition coefficient (Wildman–Crippen LogP) is 4.21. The molecule has 0 spiro atoms. The molecule has 1 N–H and O–H groups in total. The molecule has 0 unspecified atom stereocenters. The van der Waals surface area contributed by atoms with Crippen LogP contribution in [0.5, 0.6) is 0 Å². The van der Waals surface area contributed by atoms with Crippen molar-refractivity contribution in [2.45, 2.75) is 53.0 Å². The third-order valence-corrected chi connectivity index (χ3v) is 7.93. The van der Waals surface area contributed by atoms with Crippen molar-refractivity contribution in [3.05, 3.63) is 42.6 Å². The van der Waals surface area contributed by atoms with Crippen LogP contribution in [0.25, 0.3) is 10.2 Å². The molecule has 0 atom stereocenters. The Morgan fingerprint density at radius 2 is 1.87 bits per heavy atom. The number of fused-ring (bicyclic) bond motifs is 2. The third-order valence-electron chi connectivity index (χ3n) is 5.62. The van der Waals surface area contributed by atoms with Crippen LogP contribution >= 0.6 is 22.7 Å². The van der Waals surface area contributed by atoms with Gasteiger partial charge in [0.1, 0.15) is 15.7 Å². The number of nitrogens with one attached hydrogen (secondary N) is 1. The SMILES string of the molecule is COC(=O)c1c(NC(=O)c2sc3nc4n(c(=O)c3c2C)CCCCC4)sc(C)c1C. The number of carbonyl (C=O) groups is 2. The van der Waals surface area contributed by atoms with Crippen molar-refractivity contribution < 1.29 is 14.3 Å². The Morgan fingerprint density at radius 1 is 1.10 bits per heavy atom. The summed E-state index contributed by atoms with van der Waals surface area (Å²) >= 11 is 2.56. The largest absolute Gasteiger partial charge is 0.465 e. The number of nitrogens with zero attached hydrogens (tertiary/aromatic N) is 2. The Bertz CT molecular complexity index is 1240. The minimum absolute atomic E-state index is 0.0669. The summed E-state index contributed by atoms with van der Waals surface area (Å²) in [6.07, 6.45) is 3.85. The van der Waals surface area contributed by atoms with Gasteiger partial charge in [0.05, 0.1) is 22.9 Å². The number of amides is 1. The van der Waals surface area contributed by atoms with Crippen molar-refractivity contribution in [2.24, 2.45) is 0 Å². The second kappa shape index (κ2) is 7.96. The number of aromatic nitrogens is 2. The van der Waals surface area contributed by atoms with E-state index in [0.717, 1.165) is 41.9 Å². The number of thiophene rings is 2. The van der Waals surface area contributed by atoms with Gasteiger partial charge in [-0.1, -0.05) is 6.42 Å². The molecule has 30 heavy (non-hydrogen) atoms. The maximum absolute atomic E-state index is 13.1. The summed E-state index contributed by atoms with van der Waals surface area (Å²) in [5.74, 6) is -0.0268. The maximum atomic E-state index is 13.1. The molecular weight excluding hydrogens is 422 g/mol. The molecule has 4 heterocycles. The van der Waals surface area contributed by atoms with Crippen molar-refractivity contribution in [1.29, 1.82) is 0 Å². The topological polar surface area (TPSA) is 90.3 Å². The van der Waals surface area contributed by atoms with Crippen LogP contribution in [0.3, 0.4) is 0 Å². The molecule has 3 aromatic heterocycles. The molecule has 1 amide bonds. The Morgan fingerprint density at radius 3 is 2.60 bits per heavy atom. The van der Waals surface area contributed by atoms with Gasteiger partial charge in [-0.2, -0.15) is 0 Å². The number of anilines is 1. The van der Waals surface area contributed by atoms with Gasteiger partial charge in [0.25, 0.3) is 11.5 Å². The zero-order valence-corrected chi connectivity index (χ0v) is 19.0. The van der Waals surface area contributed by atoms with Crippen LogP contribution in [0.15, 0.2) is 4.79 Å². The summed E-state index contributed by atoms with van der Waals surface area (Å²) in [6.45, 7) is 6.18. The van der Waals surface area contributed by atoms with Crippen LogP contribution in [-0.4, -0.2) is 28.5 Å². The van der Waals surface area contributed by atoms with E-state index in [1.807, 2.05) is 13.8 Å². The number of methoxy groups -OCH3 is 1. The molecule has 0 aromatic carbocycles. The number of esters is 1. The molecule has 0 saturated carbocycles. The summed E-state index contributed by atoms with van der Waals surface area (Å²) < 4.78 is 6.64. The first-order chi connectivity index (χ1) is 14.3. The van der Waals surface area contributed by atoms with E-state index in [-0.39, 0.29) is 11.5 Å². The van der Waals surface area contributed by atoms with E-state index >= 15 is 0 Å². The van der Waals surface area contributed by atoms with E-state index in [9.17, 15) is 14.4 Å². The number of hydrogen-bond acceptors (Lipinski definition) is 7. The van der Waals surface area contributed by atoms with Gasteiger partial charge in [-0.15, -0.1) is 22.7 Å². The monoisotopic (exact) mass is 445 g/mol. The lowest BCUT2D eigenvalue weighted by atomic mass is 10.1. The maximum Gasteiger partial charge on any atom is 0.341 e. The molecule has 0 saturated heterocycles. The van der Waals surface area contributed by atoms with Crippen molar-refractivity contribution in [1.82, 2.24) is 9.55 Å². The fourth-order valence-electron chi connectivity index (χ4n) is 3.85. The highest BCUT2D eigenvalue weighted by Gasteiger charge is 2.25. The van der Waals surface area contributed by atoms with Gasteiger partial charge in [0.2, 0.25) is 0 Å². The highest BCUT2D eigenvalue weighted by atomic mass is 32.1. The number of carbonyl (C=O) groups excluding carboxylic acids is 2. The highest BCUT2D eigenvalue weighted by molar-refractivity contribution is 7.21. The molecule has 4 rings (SSSR count). The number of aryl methyl sites for hydroxylation is 3. The van der Waals surface area contributed by atoms with E-state index in [4.69, 9.17) is 9.72 Å². The molecule has 3 aromatic rings. The molecule has 7 nitrogen and oxygen atoms in total. The number of hydrogen-bond donors (Lipinski definition) is 1. The normalized spacial score (nSPS) is 13.7. The Labute approximate surface area is 181 Å². The standard InChI is InChI=1S/C21H23N3O4S2/c1-10-12(3)29-19(15(10)21(27)28-4)23-17(25)16-11(2)14-18(30-16)22-13-8-6-5-7-9-24(13)20(14)26/h5-9H2,1-4H3,(H,23,25). The number of ether oxygens (including phenoxy) is 1. The highest BCUT2D eigenvalue weighted by Crippen LogP contribution is 2.35. The molecule has 0 aliphatic carbocycles. The summed E-state index contributed by atoms with van der Waals surface area (Å²) in [5, 5.41) is 3.83. The van der Waals surface area contributed by atoms with Crippen molar-refractivity contribution in [3.8, 4) is 0 Å². The van der Waals surface area contributed by atoms with Crippen LogP contribution in [0.4, 0.5) is 5.00 Å². The minimum Gasteiger partial charge on any atom is -0.465 e. The average molecular weight is 446 g/mol. The molecule has 0 fully saturated rings. The lowest BCUT2D eigenvalue weighted by Crippen LogP contribution is -2.24. The van der Waals surface area contributed by atoms with Crippen molar-refractivity contribution in [3.63, 3.8) is 0 Å². The van der Waals surface area contributed by atoms with Crippen LogP contribution in [-0.2, 0) is 17.7 Å². The summed E-state index contributed by atoms with van der Waals surface area (Å²) in [6, 6.07) is 0. The quantitative estimate of drug-likeness (QED) is 0.610. The van der Waals surface area contributed by atoms with Crippen LogP contribution < -0.4 is 10.9 Å². The zero-order chi connectivity index (χ0) is 21.6. The van der Waals surface area contributed by atoms with Gasteiger partial charge in [-0.3, -0.25) is 14.2 Å². The van der Waals surface area contributed by atoms with E-state index in [1.165, 1.54) is 29.8 Å². The predicted molar refractivity (Wildman–Crippen MR) is 119 cm³/mol. The first-order valence-corrected chi connectivity index (χ1v) is 11.5. The number of rotatable bonds is 3. The van der Waals surface area contributed by atoms with Crippen molar-refractivity contribution >= 4 is 49.8 Å². The van der Waals surface area contributed by atoms with E-state index < -0.39 is 5.97 Å². The minimum atomic E-state index is -0.483. The Kier molecular flexibility index (Phi) is 5.50. The van der Waals surface area contributed by atoms with Crippen LogP contribution in [0.1, 0.15) is 61.1 Å². The van der Waals surface area contributed by atoms with Gasteiger partial charge < -0.3 is 10.1 Å². The third kappa shape index (κ3) is 3.35. The van der Waals surface area contributed by atoms with Gasteiger partial charge in [0.15, 0.2) is 0 Å². The van der Waals surface area contributed by atoms with E-state index in [1.54, 1.807) is 11.5 Å². The second-order valence-corrected chi connectivity index (χ2v) is 9.69. The molecule has 0 radical (unpaired) electrons. The fraction of sp³-hybridized carbons (Fsp3) is 0.429. The molecule has 1 aliphatic rings. The Hall–Kier alpha value is -2.52. The van der Waals surface area contributed by atoms with E-state index in [0.29, 0.717) is 37.8 Å². The fourth-order valence-corrected chi connectivity index (χ4v) is 5.98. The zero-order valence-electron chi connectivity index (χ0n) is 17.4. The molecule has 9 heteroatoms. The lowest BCUT2D eigenvalue weighted by molar-refractivity contribution is 0.0601.